The molecule has 0 aliphatic heterocycles. The highest BCUT2D eigenvalue weighted by molar-refractivity contribution is 7.99. The van der Waals surface area contributed by atoms with E-state index >= 15 is 0 Å². The number of hydrogen-bond acceptors (Lipinski definition) is 4. The van der Waals surface area contributed by atoms with E-state index in [9.17, 15) is 4.79 Å². The Morgan fingerprint density at radius 3 is 2.70 bits per heavy atom. The number of halogens is 1. The largest absolute Gasteiger partial charge is 0.462 e. The van der Waals surface area contributed by atoms with Gasteiger partial charge in [-0.15, -0.1) is 0 Å². The summed E-state index contributed by atoms with van der Waals surface area (Å²) in [4.78, 5) is 13.5. The molecular weight excluding hydrogens is 294 g/mol. The second kappa shape index (κ2) is 6.68. The van der Waals surface area contributed by atoms with Gasteiger partial charge in [-0.25, -0.2) is 4.79 Å². The zero-order valence-corrected chi connectivity index (χ0v) is 12.5. The second-order valence-corrected chi connectivity index (χ2v) is 5.44. The molecule has 0 aromatic heterocycles. The van der Waals surface area contributed by atoms with E-state index in [0.717, 1.165) is 4.90 Å². The topological polar surface area (TPSA) is 52.3 Å². The van der Waals surface area contributed by atoms with Crippen LogP contribution in [0.3, 0.4) is 0 Å². The molecule has 0 bridgehead atoms. The SMILES string of the molecule is CCOC(=O)c1cccc(N)c1Sc1ccccc1Cl. The van der Waals surface area contributed by atoms with Crippen LogP contribution in [0.1, 0.15) is 17.3 Å². The molecule has 0 heterocycles. The lowest BCUT2D eigenvalue weighted by Gasteiger charge is -2.11. The molecule has 0 amide bonds. The Morgan fingerprint density at radius 1 is 1.25 bits per heavy atom. The number of hydrogen-bond donors (Lipinski definition) is 1. The maximum atomic E-state index is 12.0. The first-order valence-corrected chi connectivity index (χ1v) is 7.31. The van der Waals surface area contributed by atoms with Crippen molar-refractivity contribution in [1.82, 2.24) is 0 Å². The van der Waals surface area contributed by atoms with Crippen LogP contribution in [0.2, 0.25) is 5.02 Å². The molecule has 3 nitrogen and oxygen atoms in total. The van der Waals surface area contributed by atoms with Crippen molar-refractivity contribution < 1.29 is 9.53 Å². The average molecular weight is 308 g/mol. The number of carbonyl (C=O) groups excluding carboxylic acids is 1. The molecule has 0 fully saturated rings. The number of rotatable bonds is 4. The van der Waals surface area contributed by atoms with Gasteiger partial charge < -0.3 is 10.5 Å². The molecule has 0 aliphatic rings. The number of carbonyl (C=O) groups is 1. The van der Waals surface area contributed by atoms with Gasteiger partial charge in [0, 0.05) is 15.5 Å². The first-order valence-electron chi connectivity index (χ1n) is 6.11. The highest BCUT2D eigenvalue weighted by atomic mass is 35.5. The lowest BCUT2D eigenvalue weighted by Crippen LogP contribution is -2.07. The van der Waals surface area contributed by atoms with Gasteiger partial charge in [-0.05, 0) is 31.2 Å². The molecular formula is C15H14ClNO2S. The molecule has 0 atom stereocenters. The molecule has 0 spiro atoms. The molecule has 0 aliphatic carbocycles. The van der Waals surface area contributed by atoms with Crippen molar-refractivity contribution >= 4 is 35.0 Å². The van der Waals surface area contributed by atoms with Crippen molar-refractivity contribution in [3.05, 3.63) is 53.1 Å². The van der Waals surface area contributed by atoms with Gasteiger partial charge in [-0.3, -0.25) is 0 Å². The van der Waals surface area contributed by atoms with Gasteiger partial charge in [0.25, 0.3) is 0 Å². The Labute approximate surface area is 127 Å². The molecule has 0 saturated heterocycles. The van der Waals surface area contributed by atoms with Gasteiger partial charge in [0.1, 0.15) is 0 Å². The lowest BCUT2D eigenvalue weighted by molar-refractivity contribution is 0.0522. The van der Waals surface area contributed by atoms with Crippen molar-refractivity contribution in [2.24, 2.45) is 0 Å². The summed E-state index contributed by atoms with van der Waals surface area (Å²) >= 11 is 7.51. The first kappa shape index (κ1) is 14.8. The van der Waals surface area contributed by atoms with Crippen LogP contribution in [0.5, 0.6) is 0 Å². The van der Waals surface area contributed by atoms with Gasteiger partial charge in [0.15, 0.2) is 0 Å². The normalized spacial score (nSPS) is 10.3. The summed E-state index contributed by atoms with van der Waals surface area (Å²) < 4.78 is 5.05. The highest BCUT2D eigenvalue weighted by Crippen LogP contribution is 2.38. The molecule has 104 valence electrons. The number of nitrogens with two attached hydrogens (primary N) is 1. The monoisotopic (exact) mass is 307 g/mol. The number of nitrogen functional groups attached to an aromatic ring is 1. The fourth-order valence-electron chi connectivity index (χ4n) is 1.68. The molecule has 0 unspecified atom stereocenters. The van der Waals surface area contributed by atoms with Crippen LogP contribution in [-0.4, -0.2) is 12.6 Å². The van der Waals surface area contributed by atoms with Crippen LogP contribution >= 0.6 is 23.4 Å². The zero-order valence-electron chi connectivity index (χ0n) is 10.9. The van der Waals surface area contributed by atoms with Crippen molar-refractivity contribution in [3.8, 4) is 0 Å². The Morgan fingerprint density at radius 2 is 2.00 bits per heavy atom. The van der Waals surface area contributed by atoms with E-state index in [1.807, 2.05) is 18.2 Å². The summed E-state index contributed by atoms with van der Waals surface area (Å²) in [6, 6.07) is 12.6. The van der Waals surface area contributed by atoms with Crippen molar-refractivity contribution in [2.75, 3.05) is 12.3 Å². The zero-order chi connectivity index (χ0) is 14.5. The van der Waals surface area contributed by atoms with E-state index in [4.69, 9.17) is 22.1 Å². The first-order chi connectivity index (χ1) is 9.63. The Hall–Kier alpha value is -1.65. The molecule has 2 rings (SSSR count). The molecule has 2 aromatic carbocycles. The lowest BCUT2D eigenvalue weighted by atomic mass is 10.2. The van der Waals surface area contributed by atoms with Crippen molar-refractivity contribution in [2.45, 2.75) is 16.7 Å². The van der Waals surface area contributed by atoms with E-state index in [2.05, 4.69) is 0 Å². The highest BCUT2D eigenvalue weighted by Gasteiger charge is 2.16. The summed E-state index contributed by atoms with van der Waals surface area (Å²) in [7, 11) is 0. The molecule has 0 radical (unpaired) electrons. The maximum Gasteiger partial charge on any atom is 0.339 e. The van der Waals surface area contributed by atoms with E-state index in [1.165, 1.54) is 11.8 Å². The summed E-state index contributed by atoms with van der Waals surface area (Å²) in [5, 5.41) is 0.621. The minimum Gasteiger partial charge on any atom is -0.462 e. The predicted octanol–water partition coefficient (Wildman–Crippen LogP) is 4.25. The van der Waals surface area contributed by atoms with E-state index in [0.29, 0.717) is 27.8 Å². The van der Waals surface area contributed by atoms with Crippen LogP contribution in [0, 0.1) is 0 Å². The summed E-state index contributed by atoms with van der Waals surface area (Å²) in [6.45, 7) is 2.09. The standard InChI is InChI=1S/C15H14ClNO2S/c1-2-19-15(18)10-6-5-8-12(17)14(10)20-13-9-4-3-7-11(13)16/h3-9H,2,17H2,1H3. The molecule has 2 N–H and O–H groups in total. The van der Waals surface area contributed by atoms with Gasteiger partial charge in [-0.1, -0.05) is 41.6 Å². The number of anilines is 1. The third-order valence-corrected chi connectivity index (χ3v) is 4.27. The molecule has 0 saturated carbocycles. The van der Waals surface area contributed by atoms with Gasteiger partial charge in [0.05, 0.1) is 17.2 Å². The minimum absolute atomic E-state index is 0.323. The molecule has 5 heteroatoms. The summed E-state index contributed by atoms with van der Waals surface area (Å²) in [5.74, 6) is -0.380. The van der Waals surface area contributed by atoms with Crippen LogP contribution in [0.15, 0.2) is 52.3 Å². The van der Waals surface area contributed by atoms with Crippen LogP contribution in [0.25, 0.3) is 0 Å². The quantitative estimate of drug-likeness (QED) is 0.677. The maximum absolute atomic E-state index is 12.0. The fraction of sp³-hybridized carbons (Fsp3) is 0.133. The predicted molar refractivity (Wildman–Crippen MR) is 82.4 cm³/mol. The van der Waals surface area contributed by atoms with E-state index in [-0.39, 0.29) is 5.97 Å². The van der Waals surface area contributed by atoms with E-state index in [1.54, 1.807) is 31.2 Å². The number of esters is 1. The van der Waals surface area contributed by atoms with E-state index < -0.39 is 0 Å². The van der Waals surface area contributed by atoms with Gasteiger partial charge >= 0.3 is 5.97 Å². The Balaban J connectivity index is 2.40. The van der Waals surface area contributed by atoms with Gasteiger partial charge in [0.2, 0.25) is 0 Å². The third kappa shape index (κ3) is 3.26. The van der Waals surface area contributed by atoms with Crippen LogP contribution in [0.4, 0.5) is 5.69 Å². The minimum atomic E-state index is -0.380. The molecule has 20 heavy (non-hydrogen) atoms. The second-order valence-electron chi connectivity index (χ2n) is 3.98. The Kier molecular flexibility index (Phi) is 4.93. The van der Waals surface area contributed by atoms with Crippen LogP contribution < -0.4 is 5.73 Å². The van der Waals surface area contributed by atoms with Crippen molar-refractivity contribution in [3.63, 3.8) is 0 Å². The summed E-state index contributed by atoms with van der Waals surface area (Å²) in [5.41, 5.74) is 6.97. The van der Waals surface area contributed by atoms with Crippen molar-refractivity contribution in [1.29, 1.82) is 0 Å². The van der Waals surface area contributed by atoms with Crippen LogP contribution in [-0.2, 0) is 4.74 Å². The number of benzene rings is 2. The smallest absolute Gasteiger partial charge is 0.339 e. The molecule has 2 aromatic rings. The Bertz CT molecular complexity index is 631. The fourth-order valence-corrected chi connectivity index (χ4v) is 2.91. The summed E-state index contributed by atoms with van der Waals surface area (Å²) in [6.07, 6.45) is 0. The number of ether oxygens (including phenoxy) is 1. The average Bonchev–Trinajstić information content (AvgIpc) is 2.43. The third-order valence-electron chi connectivity index (χ3n) is 2.59. The van der Waals surface area contributed by atoms with Gasteiger partial charge in [-0.2, -0.15) is 0 Å².